The van der Waals surface area contributed by atoms with Crippen LogP contribution >= 0.6 is 15.9 Å². The van der Waals surface area contributed by atoms with Crippen LogP contribution in [0.15, 0.2) is 10.5 Å². The second-order valence-corrected chi connectivity index (χ2v) is 3.50. The molecule has 0 N–H and O–H groups in total. The van der Waals surface area contributed by atoms with Crippen LogP contribution in [-0.4, -0.2) is 12.1 Å². The van der Waals surface area contributed by atoms with Crippen molar-refractivity contribution in [3.63, 3.8) is 0 Å². The molecule has 1 rings (SSSR count). The number of ether oxygens (including phenoxy) is 1. The standard InChI is InChI=1S/C9H7BrF2N2O/c1-15-7-4-6(10)5(2-3-13)8(14-7)9(11)12/h4,9H,2H2,1H3. The number of alkyl halides is 2. The number of hydrogen-bond donors (Lipinski definition) is 0. The Morgan fingerprint density at radius 3 is 2.80 bits per heavy atom. The van der Waals surface area contributed by atoms with Gasteiger partial charge in [0.05, 0.1) is 19.6 Å². The molecule has 6 heteroatoms. The van der Waals surface area contributed by atoms with Gasteiger partial charge in [0.15, 0.2) is 0 Å². The summed E-state index contributed by atoms with van der Waals surface area (Å²) in [5, 5.41) is 8.50. The van der Waals surface area contributed by atoms with Gasteiger partial charge in [-0.1, -0.05) is 15.9 Å². The molecule has 0 unspecified atom stereocenters. The van der Waals surface area contributed by atoms with Crippen LogP contribution in [-0.2, 0) is 6.42 Å². The van der Waals surface area contributed by atoms with E-state index in [0.29, 0.717) is 4.47 Å². The summed E-state index contributed by atoms with van der Waals surface area (Å²) in [6, 6.07) is 3.27. The number of nitrogens with zero attached hydrogens (tertiary/aromatic N) is 2. The molecule has 15 heavy (non-hydrogen) atoms. The third-order valence-corrected chi connectivity index (χ3v) is 2.46. The molecule has 1 aromatic rings. The summed E-state index contributed by atoms with van der Waals surface area (Å²) in [5.41, 5.74) is -0.212. The van der Waals surface area contributed by atoms with Crippen LogP contribution in [0.2, 0.25) is 0 Å². The highest BCUT2D eigenvalue weighted by Gasteiger charge is 2.19. The number of nitriles is 1. The van der Waals surface area contributed by atoms with Crippen molar-refractivity contribution < 1.29 is 13.5 Å². The zero-order valence-corrected chi connectivity index (χ0v) is 9.38. The van der Waals surface area contributed by atoms with Crippen molar-refractivity contribution in [2.24, 2.45) is 0 Å². The van der Waals surface area contributed by atoms with Gasteiger partial charge in [-0.2, -0.15) is 5.26 Å². The lowest BCUT2D eigenvalue weighted by molar-refractivity contribution is 0.144. The average Bonchev–Trinajstić information content (AvgIpc) is 2.20. The highest BCUT2D eigenvalue weighted by Crippen LogP contribution is 2.30. The maximum absolute atomic E-state index is 12.6. The van der Waals surface area contributed by atoms with Crippen molar-refractivity contribution in [1.82, 2.24) is 4.98 Å². The number of hydrogen-bond acceptors (Lipinski definition) is 3. The third-order valence-electron chi connectivity index (χ3n) is 1.75. The minimum absolute atomic E-state index is 0.0962. The summed E-state index contributed by atoms with van der Waals surface area (Å²) in [6.07, 6.45) is -2.84. The Morgan fingerprint density at radius 1 is 1.67 bits per heavy atom. The van der Waals surface area contributed by atoms with Crippen molar-refractivity contribution in [3.05, 3.63) is 21.8 Å². The molecule has 0 aliphatic carbocycles. The topological polar surface area (TPSA) is 45.9 Å². The van der Waals surface area contributed by atoms with E-state index < -0.39 is 12.1 Å². The summed E-state index contributed by atoms with van der Waals surface area (Å²) >= 11 is 3.10. The van der Waals surface area contributed by atoms with E-state index in [2.05, 4.69) is 20.9 Å². The second-order valence-electron chi connectivity index (χ2n) is 2.65. The van der Waals surface area contributed by atoms with Crippen LogP contribution < -0.4 is 4.74 Å². The third kappa shape index (κ3) is 2.63. The molecule has 0 aliphatic rings. The number of pyridine rings is 1. The molecule has 0 saturated heterocycles. The van der Waals surface area contributed by atoms with E-state index in [1.165, 1.54) is 13.2 Å². The summed E-state index contributed by atoms with van der Waals surface area (Å²) in [6.45, 7) is 0. The number of halogens is 3. The van der Waals surface area contributed by atoms with Crippen molar-refractivity contribution in [2.45, 2.75) is 12.8 Å². The minimum atomic E-state index is -2.72. The monoisotopic (exact) mass is 276 g/mol. The fourth-order valence-electron chi connectivity index (χ4n) is 1.08. The molecular weight excluding hydrogens is 270 g/mol. The minimum Gasteiger partial charge on any atom is -0.481 e. The summed E-state index contributed by atoms with van der Waals surface area (Å²) < 4.78 is 30.4. The Bertz CT molecular complexity index is 404. The Labute approximate surface area is 93.8 Å². The average molecular weight is 277 g/mol. The van der Waals surface area contributed by atoms with Gasteiger partial charge in [0, 0.05) is 16.1 Å². The van der Waals surface area contributed by atoms with Gasteiger partial charge in [-0.15, -0.1) is 0 Å². The van der Waals surface area contributed by atoms with Gasteiger partial charge in [-0.25, -0.2) is 13.8 Å². The van der Waals surface area contributed by atoms with Crippen molar-refractivity contribution in [1.29, 1.82) is 5.26 Å². The molecule has 0 spiro atoms. The predicted molar refractivity (Wildman–Crippen MR) is 52.8 cm³/mol. The Morgan fingerprint density at radius 2 is 2.33 bits per heavy atom. The number of rotatable bonds is 3. The maximum Gasteiger partial charge on any atom is 0.280 e. The van der Waals surface area contributed by atoms with Crippen molar-refractivity contribution in [3.8, 4) is 11.9 Å². The van der Waals surface area contributed by atoms with E-state index in [1.807, 2.05) is 6.07 Å². The quantitative estimate of drug-likeness (QED) is 0.853. The van der Waals surface area contributed by atoms with Crippen LogP contribution in [0.4, 0.5) is 8.78 Å². The Hall–Kier alpha value is -1.22. The summed E-state index contributed by atoms with van der Waals surface area (Å²) in [4.78, 5) is 3.62. The Balaban J connectivity index is 3.30. The van der Waals surface area contributed by atoms with Crippen LogP contribution in [0, 0.1) is 11.3 Å². The second kappa shape index (κ2) is 5.03. The molecule has 1 heterocycles. The van der Waals surface area contributed by atoms with Gasteiger partial charge in [-0.05, 0) is 0 Å². The largest absolute Gasteiger partial charge is 0.481 e. The molecule has 80 valence electrons. The predicted octanol–water partition coefficient (Wildman–Crippen LogP) is 2.86. The molecule has 0 saturated carbocycles. The van der Waals surface area contributed by atoms with E-state index in [4.69, 9.17) is 10.00 Å². The van der Waals surface area contributed by atoms with Gasteiger partial charge in [0.1, 0.15) is 5.69 Å². The fraction of sp³-hybridized carbons (Fsp3) is 0.333. The molecule has 0 amide bonds. The van der Waals surface area contributed by atoms with E-state index in [1.54, 1.807) is 0 Å². The molecule has 0 aromatic carbocycles. The first-order valence-corrected chi connectivity index (χ1v) is 4.77. The first-order chi connectivity index (χ1) is 7.10. The molecule has 0 atom stereocenters. The Kier molecular flexibility index (Phi) is 3.97. The summed E-state index contributed by atoms with van der Waals surface area (Å²) in [7, 11) is 1.34. The highest BCUT2D eigenvalue weighted by molar-refractivity contribution is 9.10. The lowest BCUT2D eigenvalue weighted by Crippen LogP contribution is -2.01. The molecule has 3 nitrogen and oxygen atoms in total. The molecule has 0 aliphatic heterocycles. The molecular formula is C9H7BrF2N2O. The van der Waals surface area contributed by atoms with Gasteiger partial charge < -0.3 is 4.74 Å². The lowest BCUT2D eigenvalue weighted by atomic mass is 10.1. The van der Waals surface area contributed by atoms with Gasteiger partial charge in [0.25, 0.3) is 6.43 Å². The molecule has 1 aromatic heterocycles. The smallest absolute Gasteiger partial charge is 0.280 e. The van der Waals surface area contributed by atoms with Gasteiger partial charge >= 0.3 is 0 Å². The normalized spacial score (nSPS) is 10.1. The van der Waals surface area contributed by atoms with Crippen molar-refractivity contribution >= 4 is 15.9 Å². The number of aromatic nitrogens is 1. The van der Waals surface area contributed by atoms with E-state index in [-0.39, 0.29) is 17.9 Å². The van der Waals surface area contributed by atoms with Gasteiger partial charge in [0.2, 0.25) is 5.88 Å². The highest BCUT2D eigenvalue weighted by atomic mass is 79.9. The number of methoxy groups -OCH3 is 1. The van der Waals surface area contributed by atoms with E-state index >= 15 is 0 Å². The molecule has 0 radical (unpaired) electrons. The first-order valence-electron chi connectivity index (χ1n) is 3.98. The fourth-order valence-corrected chi connectivity index (χ4v) is 1.61. The van der Waals surface area contributed by atoms with Crippen LogP contribution in [0.25, 0.3) is 0 Å². The van der Waals surface area contributed by atoms with E-state index in [0.717, 1.165) is 0 Å². The van der Waals surface area contributed by atoms with Crippen LogP contribution in [0.5, 0.6) is 5.88 Å². The zero-order chi connectivity index (χ0) is 11.4. The first kappa shape index (κ1) is 11.9. The SMILES string of the molecule is COc1cc(Br)c(CC#N)c(C(F)F)n1. The van der Waals surface area contributed by atoms with Crippen molar-refractivity contribution in [2.75, 3.05) is 7.11 Å². The molecule has 0 fully saturated rings. The molecule has 0 bridgehead atoms. The summed E-state index contributed by atoms with van der Waals surface area (Å²) in [5.74, 6) is 0.0962. The zero-order valence-electron chi connectivity index (χ0n) is 7.80. The maximum atomic E-state index is 12.6. The van der Waals surface area contributed by atoms with Crippen LogP contribution in [0.1, 0.15) is 17.7 Å². The van der Waals surface area contributed by atoms with Gasteiger partial charge in [-0.3, -0.25) is 0 Å². The lowest BCUT2D eigenvalue weighted by Gasteiger charge is -2.09. The van der Waals surface area contributed by atoms with Crippen LogP contribution in [0.3, 0.4) is 0 Å². The van der Waals surface area contributed by atoms with E-state index in [9.17, 15) is 8.78 Å².